The monoisotopic (exact) mass is 569 g/mol. The third kappa shape index (κ3) is 8.81. The van der Waals surface area contributed by atoms with Crippen LogP contribution in [0.4, 0.5) is 10.1 Å². The number of anilines is 1. The summed E-state index contributed by atoms with van der Waals surface area (Å²) >= 11 is 0. The van der Waals surface area contributed by atoms with Crippen LogP contribution >= 0.6 is 0 Å². The summed E-state index contributed by atoms with van der Waals surface area (Å²) in [4.78, 5) is 13.8. The smallest absolute Gasteiger partial charge is 0.306 e. The van der Waals surface area contributed by atoms with Crippen LogP contribution in [0, 0.1) is 19.7 Å². The lowest BCUT2D eigenvalue weighted by atomic mass is 9.94. The van der Waals surface area contributed by atoms with Gasteiger partial charge < -0.3 is 14.4 Å². The molecule has 0 aliphatic carbocycles. The van der Waals surface area contributed by atoms with Gasteiger partial charge in [0.1, 0.15) is 18.2 Å². The molecule has 0 radical (unpaired) electrons. The van der Waals surface area contributed by atoms with Crippen LogP contribution in [-0.4, -0.2) is 45.7 Å². The van der Waals surface area contributed by atoms with Crippen molar-refractivity contribution in [2.45, 2.75) is 60.1 Å². The number of esters is 1. The molecule has 0 fully saturated rings. The molecular formula is C32H40FNO5S. The topological polar surface area (TPSA) is 72.9 Å². The number of rotatable bonds is 13. The molecule has 0 aliphatic rings. The van der Waals surface area contributed by atoms with E-state index in [2.05, 4.69) is 12.1 Å². The zero-order chi connectivity index (χ0) is 29.4. The highest BCUT2D eigenvalue weighted by atomic mass is 32.2. The number of hydrogen-bond acceptors (Lipinski definition) is 6. The van der Waals surface area contributed by atoms with Gasteiger partial charge in [0.25, 0.3) is 0 Å². The molecule has 0 aromatic heterocycles. The molecule has 8 heteroatoms. The Bertz CT molecular complexity index is 1410. The molecule has 0 unspecified atom stereocenters. The van der Waals surface area contributed by atoms with E-state index in [-0.39, 0.29) is 42.4 Å². The molecule has 40 heavy (non-hydrogen) atoms. The van der Waals surface area contributed by atoms with E-state index in [0.717, 1.165) is 33.5 Å². The Balaban J connectivity index is 1.69. The number of hydrogen-bond donors (Lipinski definition) is 0. The van der Waals surface area contributed by atoms with E-state index in [0.29, 0.717) is 24.3 Å². The molecule has 0 atom stereocenters. The average molecular weight is 570 g/mol. The first-order valence-electron chi connectivity index (χ1n) is 13.6. The van der Waals surface area contributed by atoms with Crippen LogP contribution < -0.4 is 9.64 Å². The van der Waals surface area contributed by atoms with Crippen LogP contribution in [-0.2, 0) is 32.3 Å². The van der Waals surface area contributed by atoms with Gasteiger partial charge in [0.15, 0.2) is 9.84 Å². The van der Waals surface area contributed by atoms with Crippen molar-refractivity contribution < 1.29 is 27.1 Å². The molecule has 0 heterocycles. The summed E-state index contributed by atoms with van der Waals surface area (Å²) in [7, 11) is -1.16. The van der Waals surface area contributed by atoms with Gasteiger partial charge in [-0.25, -0.2) is 12.8 Å². The maximum atomic E-state index is 14.8. The second-order valence-electron chi connectivity index (χ2n) is 10.4. The van der Waals surface area contributed by atoms with E-state index in [9.17, 15) is 17.6 Å². The summed E-state index contributed by atoms with van der Waals surface area (Å²) in [5.41, 5.74) is 6.55. The fraction of sp³-hybridized carbons (Fsp3) is 0.406. The van der Waals surface area contributed by atoms with E-state index < -0.39 is 9.84 Å². The zero-order valence-electron chi connectivity index (χ0n) is 24.3. The molecule has 3 aromatic rings. The van der Waals surface area contributed by atoms with Gasteiger partial charge in [0.05, 0.1) is 11.9 Å². The second kappa shape index (κ2) is 13.8. The van der Waals surface area contributed by atoms with E-state index in [1.54, 1.807) is 26.8 Å². The van der Waals surface area contributed by atoms with Gasteiger partial charge in [-0.1, -0.05) is 31.2 Å². The molecule has 0 N–H and O–H groups in total. The zero-order valence-corrected chi connectivity index (χ0v) is 25.1. The maximum Gasteiger partial charge on any atom is 0.306 e. The fourth-order valence-corrected chi connectivity index (χ4v) is 5.24. The van der Waals surface area contributed by atoms with Crippen LogP contribution in [0.5, 0.6) is 5.75 Å². The minimum atomic E-state index is -3.08. The molecule has 6 nitrogen and oxygen atoms in total. The minimum absolute atomic E-state index is 0.00152. The van der Waals surface area contributed by atoms with Gasteiger partial charge in [-0.15, -0.1) is 0 Å². The highest BCUT2D eigenvalue weighted by Gasteiger charge is 2.14. The highest BCUT2D eigenvalue weighted by molar-refractivity contribution is 7.91. The Labute approximate surface area is 238 Å². The number of carbonyl (C=O) groups excluding carboxylic acids is 1. The minimum Gasteiger partial charge on any atom is -0.493 e. The van der Waals surface area contributed by atoms with Gasteiger partial charge in [0, 0.05) is 31.5 Å². The van der Waals surface area contributed by atoms with Gasteiger partial charge in [-0.2, -0.15) is 0 Å². The van der Waals surface area contributed by atoms with Gasteiger partial charge in [-0.05, 0) is 97.8 Å². The van der Waals surface area contributed by atoms with Gasteiger partial charge >= 0.3 is 5.97 Å². The van der Waals surface area contributed by atoms with Gasteiger partial charge in [0.2, 0.25) is 0 Å². The van der Waals surface area contributed by atoms with Crippen molar-refractivity contribution in [3.8, 4) is 16.9 Å². The summed E-state index contributed by atoms with van der Waals surface area (Å²) in [5.74, 6) is 0.0961. The van der Waals surface area contributed by atoms with Crippen LogP contribution in [0.2, 0.25) is 0 Å². The molecule has 0 saturated carbocycles. The SMILES string of the molecule is CCS(=O)(=O)CCOc1cc(C)c(-c2cccc(CN(C)c3ccc(CCC(=O)OC(C)C)c(F)c3)c2)c(C)c1. The van der Waals surface area contributed by atoms with Crippen molar-refractivity contribution >= 4 is 21.5 Å². The summed E-state index contributed by atoms with van der Waals surface area (Å²) in [6, 6.07) is 17.2. The first kappa shape index (κ1) is 31.1. The molecule has 3 rings (SSSR count). The summed E-state index contributed by atoms with van der Waals surface area (Å²) in [6.45, 7) is 9.96. The summed E-state index contributed by atoms with van der Waals surface area (Å²) in [6.07, 6.45) is 0.254. The summed E-state index contributed by atoms with van der Waals surface area (Å²) < 4.78 is 49.2. The summed E-state index contributed by atoms with van der Waals surface area (Å²) in [5, 5.41) is 0. The normalized spacial score (nSPS) is 11.5. The maximum absolute atomic E-state index is 14.8. The van der Waals surface area contributed by atoms with E-state index >= 15 is 0 Å². The van der Waals surface area contributed by atoms with Crippen molar-refractivity contribution in [2.75, 3.05) is 30.1 Å². The van der Waals surface area contributed by atoms with E-state index in [1.165, 1.54) is 6.07 Å². The second-order valence-corrected chi connectivity index (χ2v) is 12.9. The molecule has 0 bridgehead atoms. The van der Waals surface area contributed by atoms with E-state index in [1.807, 2.05) is 56.1 Å². The number of carbonyl (C=O) groups is 1. The van der Waals surface area contributed by atoms with Crippen LogP contribution in [0.25, 0.3) is 11.1 Å². The number of nitrogens with zero attached hydrogens (tertiary/aromatic N) is 1. The average Bonchev–Trinajstić information content (AvgIpc) is 2.87. The first-order valence-corrected chi connectivity index (χ1v) is 15.4. The predicted octanol–water partition coefficient (Wildman–Crippen LogP) is 6.44. The standard InChI is InChI=1S/C32H40FNO5S/c1-7-40(36,37)16-15-38-29-17-23(4)32(24(5)18-29)27-10-8-9-25(19-27)21-34(6)28-13-11-26(30(33)20-28)12-14-31(35)39-22(2)3/h8-11,13,17-20,22H,7,12,14-16,21H2,1-6H3. The van der Waals surface area contributed by atoms with Crippen LogP contribution in [0.3, 0.4) is 0 Å². The fourth-order valence-electron chi connectivity index (χ4n) is 4.62. The molecular weight excluding hydrogens is 529 g/mol. The van der Waals surface area contributed by atoms with Crippen LogP contribution in [0.1, 0.15) is 49.4 Å². The highest BCUT2D eigenvalue weighted by Crippen LogP contribution is 2.32. The molecule has 0 aliphatic heterocycles. The van der Waals surface area contributed by atoms with Crippen molar-refractivity contribution in [1.29, 1.82) is 0 Å². The Hall–Kier alpha value is -3.39. The predicted molar refractivity (Wildman–Crippen MR) is 159 cm³/mol. The van der Waals surface area contributed by atoms with Crippen molar-refractivity contribution in [1.82, 2.24) is 0 Å². The molecule has 216 valence electrons. The van der Waals surface area contributed by atoms with Crippen LogP contribution in [0.15, 0.2) is 54.6 Å². The molecule has 0 amide bonds. The third-order valence-electron chi connectivity index (χ3n) is 6.69. The number of benzene rings is 3. The molecule has 3 aromatic carbocycles. The number of sulfone groups is 1. The lowest BCUT2D eigenvalue weighted by molar-refractivity contribution is -0.147. The Kier molecular flexibility index (Phi) is 10.7. The number of ether oxygens (including phenoxy) is 2. The third-order valence-corrected chi connectivity index (χ3v) is 8.36. The van der Waals surface area contributed by atoms with Crippen molar-refractivity contribution in [2.24, 2.45) is 0 Å². The Morgan fingerprint density at radius 2 is 1.73 bits per heavy atom. The molecule has 0 saturated heterocycles. The van der Waals surface area contributed by atoms with Gasteiger partial charge in [-0.3, -0.25) is 4.79 Å². The number of aryl methyl sites for hydroxylation is 3. The number of halogens is 1. The lowest BCUT2D eigenvalue weighted by Crippen LogP contribution is -2.17. The lowest BCUT2D eigenvalue weighted by Gasteiger charge is -2.21. The first-order chi connectivity index (χ1) is 18.9. The van der Waals surface area contributed by atoms with Crippen molar-refractivity contribution in [3.63, 3.8) is 0 Å². The van der Waals surface area contributed by atoms with E-state index in [4.69, 9.17) is 9.47 Å². The Morgan fingerprint density at radius 3 is 2.35 bits per heavy atom. The van der Waals surface area contributed by atoms with Crippen molar-refractivity contribution in [3.05, 3.63) is 82.7 Å². The Morgan fingerprint density at radius 1 is 1.02 bits per heavy atom. The largest absolute Gasteiger partial charge is 0.493 e. The molecule has 0 spiro atoms. The quantitative estimate of drug-likeness (QED) is 0.221.